The van der Waals surface area contributed by atoms with Gasteiger partial charge in [0.25, 0.3) is 0 Å². The predicted molar refractivity (Wildman–Crippen MR) is 117 cm³/mol. The number of ether oxygens (including phenoxy) is 1. The van der Waals surface area contributed by atoms with Crippen molar-refractivity contribution in [2.75, 3.05) is 5.32 Å². The van der Waals surface area contributed by atoms with Gasteiger partial charge in [-0.25, -0.2) is 5.48 Å². The van der Waals surface area contributed by atoms with Crippen molar-refractivity contribution in [2.24, 2.45) is 0 Å². The molecule has 0 spiro atoms. The summed E-state index contributed by atoms with van der Waals surface area (Å²) in [5.74, 6) is -1.66. The summed E-state index contributed by atoms with van der Waals surface area (Å²) >= 11 is 12.5. The van der Waals surface area contributed by atoms with Crippen LogP contribution in [-0.2, 0) is 16.0 Å². The molecule has 3 aromatic rings. The highest BCUT2D eigenvalue weighted by Gasteiger charge is 2.16. The van der Waals surface area contributed by atoms with E-state index < -0.39 is 11.8 Å². The Morgan fingerprint density at radius 1 is 0.968 bits per heavy atom. The number of halogens is 2. The van der Waals surface area contributed by atoms with E-state index in [0.717, 1.165) is 11.1 Å². The molecule has 160 valence electrons. The zero-order valence-corrected chi connectivity index (χ0v) is 17.8. The van der Waals surface area contributed by atoms with Crippen LogP contribution in [0.4, 0.5) is 5.69 Å². The summed E-state index contributed by atoms with van der Waals surface area (Å²) in [6.07, 6.45) is 0.503. The van der Waals surface area contributed by atoms with Crippen molar-refractivity contribution in [2.45, 2.75) is 13.3 Å². The zero-order valence-electron chi connectivity index (χ0n) is 16.3. The third-order valence-corrected chi connectivity index (χ3v) is 4.91. The van der Waals surface area contributed by atoms with Gasteiger partial charge in [0.15, 0.2) is 5.75 Å². The van der Waals surface area contributed by atoms with Gasteiger partial charge in [-0.05, 0) is 42.8 Å². The van der Waals surface area contributed by atoms with Crippen LogP contribution in [0.5, 0.6) is 17.2 Å². The van der Waals surface area contributed by atoms with Crippen molar-refractivity contribution in [1.29, 1.82) is 0 Å². The van der Waals surface area contributed by atoms with Gasteiger partial charge >= 0.3 is 11.8 Å². The summed E-state index contributed by atoms with van der Waals surface area (Å²) in [4.78, 5) is 22.7. The third-order valence-electron chi connectivity index (χ3n) is 4.35. The van der Waals surface area contributed by atoms with E-state index in [1.807, 2.05) is 31.2 Å². The van der Waals surface area contributed by atoms with Crippen LogP contribution in [0.1, 0.15) is 16.7 Å². The Balaban J connectivity index is 1.81. The minimum absolute atomic E-state index is 0.0837. The molecule has 4 N–H and O–H groups in total. The number of hydrogen-bond donors (Lipinski definition) is 4. The van der Waals surface area contributed by atoms with Crippen molar-refractivity contribution in [3.8, 4) is 17.2 Å². The summed E-state index contributed by atoms with van der Waals surface area (Å²) in [5, 5.41) is 21.1. The molecule has 0 radical (unpaired) electrons. The Labute approximate surface area is 188 Å². The first-order valence-corrected chi connectivity index (χ1v) is 9.82. The molecule has 3 rings (SSSR count). The van der Waals surface area contributed by atoms with E-state index >= 15 is 0 Å². The van der Waals surface area contributed by atoms with E-state index in [1.165, 1.54) is 23.7 Å². The molecule has 0 unspecified atom stereocenters. The van der Waals surface area contributed by atoms with Crippen LogP contribution < -0.4 is 15.5 Å². The smallest absolute Gasteiger partial charge is 0.332 e. The molecule has 0 saturated carbocycles. The van der Waals surface area contributed by atoms with Crippen LogP contribution in [0, 0.1) is 6.92 Å². The van der Waals surface area contributed by atoms with Crippen LogP contribution in [0.2, 0.25) is 10.0 Å². The van der Waals surface area contributed by atoms with Crippen LogP contribution in [0.15, 0.2) is 54.6 Å². The highest BCUT2D eigenvalue weighted by atomic mass is 35.5. The lowest BCUT2D eigenvalue weighted by Crippen LogP contribution is -2.33. The Morgan fingerprint density at radius 3 is 2.23 bits per heavy atom. The number of carbonyl (C=O) groups excluding carboxylic acids is 2. The molecule has 0 aliphatic heterocycles. The molecular weight excluding hydrogens is 443 g/mol. The summed E-state index contributed by atoms with van der Waals surface area (Å²) < 4.78 is 5.81. The SMILES string of the molecule is Cc1ccc(Cc2cc(Oc3c(Cl)cc(NC(=O)C(=O)NO)cc3Cl)ccc2O)cc1. The second kappa shape index (κ2) is 9.70. The maximum absolute atomic E-state index is 11.6. The molecule has 7 nitrogen and oxygen atoms in total. The maximum atomic E-state index is 11.6. The fraction of sp³-hybridized carbons (Fsp3) is 0.0909. The van der Waals surface area contributed by atoms with Crippen LogP contribution in [-0.4, -0.2) is 22.1 Å². The minimum Gasteiger partial charge on any atom is -0.508 e. The quantitative estimate of drug-likeness (QED) is 0.247. The number of hydroxylamine groups is 1. The number of rotatable bonds is 5. The van der Waals surface area contributed by atoms with Crippen molar-refractivity contribution >= 4 is 40.7 Å². The Kier molecular flexibility index (Phi) is 7.02. The first kappa shape index (κ1) is 22.4. The van der Waals surface area contributed by atoms with Gasteiger partial charge in [-0.3, -0.25) is 14.8 Å². The van der Waals surface area contributed by atoms with E-state index in [1.54, 1.807) is 12.1 Å². The molecule has 0 atom stereocenters. The van der Waals surface area contributed by atoms with Crippen molar-refractivity contribution in [3.05, 3.63) is 81.3 Å². The molecule has 31 heavy (non-hydrogen) atoms. The number of phenols is 1. The number of hydrogen-bond acceptors (Lipinski definition) is 5. The van der Waals surface area contributed by atoms with Gasteiger partial charge in [0, 0.05) is 17.7 Å². The predicted octanol–water partition coefficient (Wildman–Crippen LogP) is 4.83. The number of anilines is 1. The number of carbonyl (C=O) groups is 2. The van der Waals surface area contributed by atoms with E-state index in [-0.39, 0.29) is 27.2 Å². The van der Waals surface area contributed by atoms with Gasteiger partial charge in [-0.2, -0.15) is 0 Å². The van der Waals surface area contributed by atoms with E-state index in [9.17, 15) is 14.7 Å². The van der Waals surface area contributed by atoms with Gasteiger partial charge in [0.05, 0.1) is 10.0 Å². The summed E-state index contributed by atoms with van der Waals surface area (Å²) in [6, 6.07) is 15.4. The highest BCUT2D eigenvalue weighted by molar-refractivity contribution is 6.40. The number of phenolic OH excluding ortho intramolecular Hbond substituents is 1. The van der Waals surface area contributed by atoms with E-state index in [0.29, 0.717) is 17.7 Å². The minimum atomic E-state index is -1.24. The normalized spacial score (nSPS) is 10.5. The molecule has 0 fully saturated rings. The Hall–Kier alpha value is -3.26. The molecule has 0 heterocycles. The number of benzene rings is 3. The first-order chi connectivity index (χ1) is 14.8. The molecule has 0 saturated heterocycles. The average molecular weight is 461 g/mol. The molecule has 9 heteroatoms. The average Bonchev–Trinajstić information content (AvgIpc) is 2.74. The van der Waals surface area contributed by atoms with Gasteiger partial charge in [0.2, 0.25) is 0 Å². The molecule has 0 aliphatic carbocycles. The molecule has 0 aromatic heterocycles. The first-order valence-electron chi connectivity index (χ1n) is 9.06. The van der Waals surface area contributed by atoms with E-state index in [2.05, 4.69) is 5.32 Å². The molecule has 0 bridgehead atoms. The van der Waals surface area contributed by atoms with Gasteiger partial charge < -0.3 is 15.2 Å². The van der Waals surface area contributed by atoms with Gasteiger partial charge in [-0.15, -0.1) is 0 Å². The lowest BCUT2D eigenvalue weighted by molar-refractivity contribution is -0.141. The largest absolute Gasteiger partial charge is 0.508 e. The topological polar surface area (TPSA) is 108 Å². The monoisotopic (exact) mass is 460 g/mol. The standard InChI is InChI=1S/C22H18Cl2N2O5/c1-12-2-4-13(5-3-12)8-14-9-16(6-7-19(14)27)31-20-17(23)10-15(11-18(20)24)25-21(28)22(29)26-30/h2-7,9-11,27,30H,8H2,1H3,(H,25,28)(H,26,29). The van der Waals surface area contributed by atoms with Crippen molar-refractivity contribution < 1.29 is 24.6 Å². The lowest BCUT2D eigenvalue weighted by Gasteiger charge is -2.13. The maximum Gasteiger partial charge on any atom is 0.332 e. The summed E-state index contributed by atoms with van der Waals surface area (Å²) in [7, 11) is 0. The number of nitrogens with one attached hydrogen (secondary N) is 2. The van der Waals surface area contributed by atoms with E-state index in [4.69, 9.17) is 33.1 Å². The van der Waals surface area contributed by atoms with Gasteiger partial charge in [-0.1, -0.05) is 53.0 Å². The zero-order chi connectivity index (χ0) is 22.5. The van der Waals surface area contributed by atoms with Crippen LogP contribution in [0.3, 0.4) is 0 Å². The second-order valence-corrected chi connectivity index (χ2v) is 7.53. The van der Waals surface area contributed by atoms with Crippen LogP contribution in [0.25, 0.3) is 0 Å². The number of amides is 2. The fourth-order valence-electron chi connectivity index (χ4n) is 2.78. The third kappa shape index (κ3) is 5.67. The number of aromatic hydroxyl groups is 1. The summed E-state index contributed by atoms with van der Waals surface area (Å²) in [6.45, 7) is 2.00. The fourth-order valence-corrected chi connectivity index (χ4v) is 3.34. The highest BCUT2D eigenvalue weighted by Crippen LogP contribution is 2.39. The van der Waals surface area contributed by atoms with Crippen LogP contribution >= 0.6 is 23.2 Å². The van der Waals surface area contributed by atoms with Crippen molar-refractivity contribution in [1.82, 2.24) is 5.48 Å². The second-order valence-electron chi connectivity index (χ2n) is 6.72. The summed E-state index contributed by atoms with van der Waals surface area (Å²) in [5.41, 5.74) is 4.20. The van der Waals surface area contributed by atoms with Gasteiger partial charge in [0.1, 0.15) is 11.5 Å². The van der Waals surface area contributed by atoms with Crippen molar-refractivity contribution in [3.63, 3.8) is 0 Å². The number of aryl methyl sites for hydroxylation is 1. The molecule has 2 amide bonds. The molecular formula is C22H18Cl2N2O5. The lowest BCUT2D eigenvalue weighted by atomic mass is 10.0. The molecule has 0 aliphatic rings. The Bertz CT molecular complexity index is 1110. The Morgan fingerprint density at radius 2 is 1.61 bits per heavy atom. The molecule has 3 aromatic carbocycles.